The predicted octanol–water partition coefficient (Wildman–Crippen LogP) is 3.74. The van der Waals surface area contributed by atoms with Gasteiger partial charge >= 0.3 is 0 Å². The van der Waals surface area contributed by atoms with Crippen molar-refractivity contribution < 1.29 is 0 Å². The lowest BCUT2D eigenvalue weighted by Gasteiger charge is -2.42. The molecule has 0 aromatic carbocycles. The molecule has 0 amide bonds. The Bertz CT molecular complexity index is 190. The first-order chi connectivity index (χ1) is 7.27. The molecule has 2 saturated carbocycles. The van der Waals surface area contributed by atoms with Crippen molar-refractivity contribution in [3.05, 3.63) is 0 Å². The van der Waals surface area contributed by atoms with E-state index in [1.54, 1.807) is 0 Å². The van der Waals surface area contributed by atoms with Gasteiger partial charge in [-0.3, -0.25) is 0 Å². The van der Waals surface area contributed by atoms with Crippen LogP contribution in [0.1, 0.15) is 65.2 Å². The van der Waals surface area contributed by atoms with E-state index in [4.69, 9.17) is 0 Å². The molecule has 1 heteroatoms. The van der Waals surface area contributed by atoms with Crippen molar-refractivity contribution in [1.29, 1.82) is 0 Å². The molecule has 0 saturated heterocycles. The zero-order chi connectivity index (χ0) is 10.7. The molecule has 0 heterocycles. The first kappa shape index (κ1) is 11.4. The summed E-state index contributed by atoms with van der Waals surface area (Å²) in [6.45, 7) is 6.13. The van der Waals surface area contributed by atoms with Gasteiger partial charge in [0.1, 0.15) is 0 Å². The molecule has 2 aliphatic rings. The first-order valence-electron chi connectivity index (χ1n) is 7.00. The van der Waals surface area contributed by atoms with Crippen LogP contribution in [0.15, 0.2) is 0 Å². The molecule has 2 rings (SSSR count). The van der Waals surface area contributed by atoms with Gasteiger partial charge in [-0.1, -0.05) is 39.5 Å². The summed E-state index contributed by atoms with van der Waals surface area (Å²) in [5.41, 5.74) is 0.648. The summed E-state index contributed by atoms with van der Waals surface area (Å²) >= 11 is 0. The lowest BCUT2D eigenvalue weighted by Crippen LogP contribution is -2.41. The van der Waals surface area contributed by atoms with E-state index in [-0.39, 0.29) is 0 Å². The van der Waals surface area contributed by atoms with Crippen LogP contribution in [0, 0.1) is 11.3 Å². The van der Waals surface area contributed by atoms with Crippen LogP contribution in [0.25, 0.3) is 0 Å². The van der Waals surface area contributed by atoms with E-state index in [0.717, 1.165) is 12.0 Å². The number of hydrogen-bond acceptors (Lipinski definition) is 1. The highest BCUT2D eigenvalue weighted by Crippen LogP contribution is 2.43. The average molecular weight is 209 g/mol. The molecule has 1 unspecified atom stereocenters. The molecule has 2 fully saturated rings. The third-order valence-corrected chi connectivity index (χ3v) is 4.83. The summed E-state index contributed by atoms with van der Waals surface area (Å²) in [4.78, 5) is 0. The zero-order valence-electron chi connectivity index (χ0n) is 10.5. The molecule has 0 radical (unpaired) electrons. The van der Waals surface area contributed by atoms with E-state index in [1.165, 1.54) is 57.9 Å². The average Bonchev–Trinajstić information content (AvgIpc) is 3.10. The maximum Gasteiger partial charge on any atom is 0.00684 e. The van der Waals surface area contributed by atoms with Crippen molar-refractivity contribution in [3.8, 4) is 0 Å². The van der Waals surface area contributed by atoms with Crippen molar-refractivity contribution >= 4 is 0 Å². The number of nitrogens with one attached hydrogen (secondary N) is 1. The van der Waals surface area contributed by atoms with Gasteiger partial charge in [0.15, 0.2) is 0 Å². The third-order valence-electron chi connectivity index (χ3n) is 4.83. The van der Waals surface area contributed by atoms with Gasteiger partial charge in [-0.2, -0.15) is 0 Å². The molecule has 0 aromatic heterocycles. The minimum absolute atomic E-state index is 0.648. The Balaban J connectivity index is 1.92. The molecule has 1 atom stereocenters. The normalized spacial score (nSPS) is 27.6. The first-order valence-corrected chi connectivity index (χ1v) is 7.00. The second-order valence-electron chi connectivity index (χ2n) is 5.89. The van der Waals surface area contributed by atoms with Gasteiger partial charge < -0.3 is 5.32 Å². The van der Waals surface area contributed by atoms with Crippen molar-refractivity contribution in [2.75, 3.05) is 6.54 Å². The highest BCUT2D eigenvalue weighted by Gasteiger charge is 2.37. The Hall–Kier alpha value is -0.0400. The fourth-order valence-corrected chi connectivity index (χ4v) is 3.17. The van der Waals surface area contributed by atoms with Crippen LogP contribution in [0.4, 0.5) is 0 Å². The van der Waals surface area contributed by atoms with Crippen molar-refractivity contribution in [2.45, 2.75) is 71.3 Å². The fraction of sp³-hybridized carbons (Fsp3) is 1.00. The monoisotopic (exact) mass is 209 g/mol. The van der Waals surface area contributed by atoms with Gasteiger partial charge in [0, 0.05) is 12.6 Å². The Morgan fingerprint density at radius 1 is 1.20 bits per heavy atom. The molecular formula is C14H27N. The molecule has 15 heavy (non-hydrogen) atoms. The number of rotatable bonds is 5. The summed E-state index contributed by atoms with van der Waals surface area (Å²) in [5, 5.41) is 3.78. The van der Waals surface area contributed by atoms with Gasteiger partial charge in [0.2, 0.25) is 0 Å². The minimum Gasteiger partial charge on any atom is -0.313 e. The van der Waals surface area contributed by atoms with Crippen LogP contribution in [0.5, 0.6) is 0 Å². The van der Waals surface area contributed by atoms with Crippen LogP contribution >= 0.6 is 0 Å². The van der Waals surface area contributed by atoms with Crippen LogP contribution in [0.3, 0.4) is 0 Å². The second kappa shape index (κ2) is 4.86. The summed E-state index contributed by atoms with van der Waals surface area (Å²) in [6, 6.07) is 0.882. The third kappa shape index (κ3) is 2.75. The number of hydrogen-bond donors (Lipinski definition) is 1. The maximum atomic E-state index is 3.78. The Labute approximate surface area is 95.0 Å². The zero-order valence-corrected chi connectivity index (χ0v) is 10.5. The summed E-state index contributed by atoms with van der Waals surface area (Å²) in [7, 11) is 0. The van der Waals surface area contributed by atoms with Crippen molar-refractivity contribution in [1.82, 2.24) is 5.32 Å². The second-order valence-corrected chi connectivity index (χ2v) is 5.89. The predicted molar refractivity (Wildman–Crippen MR) is 66.0 cm³/mol. The Morgan fingerprint density at radius 2 is 1.87 bits per heavy atom. The summed E-state index contributed by atoms with van der Waals surface area (Å²) in [5.74, 6) is 0.907. The molecule has 88 valence electrons. The van der Waals surface area contributed by atoms with Crippen LogP contribution in [-0.4, -0.2) is 12.6 Å². The lowest BCUT2D eigenvalue weighted by atomic mass is 9.65. The summed E-state index contributed by atoms with van der Waals surface area (Å²) < 4.78 is 0. The minimum atomic E-state index is 0.648. The lowest BCUT2D eigenvalue weighted by molar-refractivity contribution is 0.101. The van der Waals surface area contributed by atoms with E-state index in [2.05, 4.69) is 19.2 Å². The Morgan fingerprint density at radius 3 is 2.40 bits per heavy atom. The van der Waals surface area contributed by atoms with Gasteiger partial charge in [-0.15, -0.1) is 0 Å². The Kier molecular flexibility index (Phi) is 3.71. The molecular weight excluding hydrogens is 182 g/mol. The van der Waals surface area contributed by atoms with E-state index in [9.17, 15) is 0 Å². The molecule has 1 N–H and O–H groups in total. The van der Waals surface area contributed by atoms with Crippen LogP contribution in [0.2, 0.25) is 0 Å². The van der Waals surface area contributed by atoms with Gasteiger partial charge in [-0.05, 0) is 37.0 Å². The van der Waals surface area contributed by atoms with E-state index >= 15 is 0 Å². The molecule has 2 aliphatic carbocycles. The summed E-state index contributed by atoms with van der Waals surface area (Å²) in [6.07, 6.45) is 11.6. The van der Waals surface area contributed by atoms with Crippen LogP contribution in [-0.2, 0) is 0 Å². The smallest absolute Gasteiger partial charge is 0.00684 e. The van der Waals surface area contributed by atoms with Crippen molar-refractivity contribution in [3.63, 3.8) is 0 Å². The van der Waals surface area contributed by atoms with Crippen molar-refractivity contribution in [2.24, 2.45) is 11.3 Å². The molecule has 0 aromatic rings. The van der Waals surface area contributed by atoms with E-state index in [0.29, 0.717) is 5.41 Å². The topological polar surface area (TPSA) is 12.0 Å². The molecule has 1 nitrogen and oxygen atoms in total. The largest absolute Gasteiger partial charge is 0.313 e. The molecule has 0 spiro atoms. The van der Waals surface area contributed by atoms with Gasteiger partial charge in [0.25, 0.3) is 0 Å². The highest BCUT2D eigenvalue weighted by molar-refractivity contribution is 4.91. The fourth-order valence-electron chi connectivity index (χ4n) is 3.17. The molecule has 0 bridgehead atoms. The quantitative estimate of drug-likeness (QED) is 0.727. The standard InChI is InChI=1S/C14H27N/c1-3-12(2)14(9-5-4-6-10-14)11-15-13-7-8-13/h12-13,15H,3-11H2,1-2H3. The van der Waals surface area contributed by atoms with E-state index in [1.807, 2.05) is 0 Å². The molecule has 0 aliphatic heterocycles. The van der Waals surface area contributed by atoms with Crippen LogP contribution < -0.4 is 5.32 Å². The van der Waals surface area contributed by atoms with Gasteiger partial charge in [0.05, 0.1) is 0 Å². The highest BCUT2D eigenvalue weighted by atomic mass is 15.0. The SMILES string of the molecule is CCC(C)C1(CNC2CC2)CCCCC1. The maximum absolute atomic E-state index is 3.78. The van der Waals surface area contributed by atoms with E-state index < -0.39 is 0 Å². The van der Waals surface area contributed by atoms with Gasteiger partial charge in [-0.25, -0.2) is 0 Å².